The fourth-order valence-electron chi connectivity index (χ4n) is 1.96. The van der Waals surface area contributed by atoms with E-state index >= 15 is 0 Å². The van der Waals surface area contributed by atoms with Crippen LogP contribution in [0.3, 0.4) is 0 Å². The highest BCUT2D eigenvalue weighted by Crippen LogP contribution is 2.27. The van der Waals surface area contributed by atoms with E-state index in [1.807, 2.05) is 30.3 Å². The normalized spacial score (nSPS) is 11.5. The number of rotatable bonds is 7. The summed E-state index contributed by atoms with van der Waals surface area (Å²) in [5, 5.41) is 0. The van der Waals surface area contributed by atoms with Crippen LogP contribution in [-0.2, 0) is 6.42 Å². The Bertz CT molecular complexity index is 639. The first kappa shape index (κ1) is 17.0. The molecule has 0 aliphatic rings. The minimum Gasteiger partial charge on any atom is -0.428 e. The van der Waals surface area contributed by atoms with Gasteiger partial charge in [0.25, 0.3) is 0 Å². The Morgan fingerprint density at radius 2 is 1.61 bits per heavy atom. The van der Waals surface area contributed by atoms with Crippen molar-refractivity contribution in [3.05, 3.63) is 65.7 Å². The van der Waals surface area contributed by atoms with Gasteiger partial charge in [-0.05, 0) is 36.2 Å². The van der Waals surface area contributed by atoms with Crippen molar-refractivity contribution in [1.29, 1.82) is 0 Å². The van der Waals surface area contributed by atoms with Crippen LogP contribution in [0.4, 0.5) is 17.6 Å². The molecule has 0 fully saturated rings. The Hall–Kier alpha value is -2.37. The zero-order valence-electron chi connectivity index (χ0n) is 12.0. The average molecular weight is 326 g/mol. The Morgan fingerprint density at radius 3 is 2.17 bits per heavy atom. The van der Waals surface area contributed by atoms with Crippen molar-refractivity contribution in [2.24, 2.45) is 0 Å². The largest absolute Gasteiger partial charge is 0.461 e. The van der Waals surface area contributed by atoms with Gasteiger partial charge in [-0.3, -0.25) is 4.79 Å². The Balaban J connectivity index is 1.95. The molecule has 2 rings (SSSR count). The molecule has 0 aromatic heterocycles. The van der Waals surface area contributed by atoms with E-state index in [1.54, 1.807) is 0 Å². The standard InChI is InChI=1S/C17H14F4O2/c18-16(19)17(20,21)23-14-9-7-13(8-10-14)15(22)11-6-12-4-2-1-3-5-12/h1-5,7-10,16H,6,11H2. The molecule has 0 atom stereocenters. The third-order valence-corrected chi connectivity index (χ3v) is 3.17. The van der Waals surface area contributed by atoms with E-state index in [4.69, 9.17) is 0 Å². The number of alkyl halides is 4. The number of carbonyl (C=O) groups is 1. The molecule has 0 spiro atoms. The number of hydrogen-bond donors (Lipinski definition) is 0. The summed E-state index contributed by atoms with van der Waals surface area (Å²) >= 11 is 0. The van der Waals surface area contributed by atoms with Crippen LogP contribution in [0.1, 0.15) is 22.3 Å². The van der Waals surface area contributed by atoms with Gasteiger partial charge >= 0.3 is 12.5 Å². The van der Waals surface area contributed by atoms with Gasteiger partial charge in [-0.25, -0.2) is 0 Å². The number of benzene rings is 2. The molecule has 0 unspecified atom stereocenters. The van der Waals surface area contributed by atoms with E-state index < -0.39 is 18.3 Å². The highest BCUT2D eigenvalue weighted by atomic mass is 19.3. The van der Waals surface area contributed by atoms with Gasteiger partial charge in [-0.15, -0.1) is 0 Å². The van der Waals surface area contributed by atoms with Crippen molar-refractivity contribution in [2.75, 3.05) is 0 Å². The van der Waals surface area contributed by atoms with Gasteiger partial charge in [0.05, 0.1) is 0 Å². The maximum absolute atomic E-state index is 12.8. The summed E-state index contributed by atoms with van der Waals surface area (Å²) in [5.41, 5.74) is 1.33. The highest BCUT2D eigenvalue weighted by molar-refractivity contribution is 5.96. The van der Waals surface area contributed by atoms with E-state index in [9.17, 15) is 22.4 Å². The minimum absolute atomic E-state index is 0.166. The smallest absolute Gasteiger partial charge is 0.428 e. The SMILES string of the molecule is O=C(CCc1ccccc1)c1ccc(OC(F)(F)C(F)F)cc1. The van der Waals surface area contributed by atoms with Gasteiger partial charge in [0.2, 0.25) is 0 Å². The van der Waals surface area contributed by atoms with Crippen LogP contribution in [-0.4, -0.2) is 18.3 Å². The number of Topliss-reactive ketones (excluding diaryl/α,β-unsaturated/α-hetero) is 1. The maximum Gasteiger partial charge on any atom is 0.461 e. The lowest BCUT2D eigenvalue weighted by molar-refractivity contribution is -0.253. The van der Waals surface area contributed by atoms with Crippen molar-refractivity contribution in [2.45, 2.75) is 25.4 Å². The van der Waals surface area contributed by atoms with Gasteiger partial charge < -0.3 is 4.74 Å². The van der Waals surface area contributed by atoms with Gasteiger partial charge in [-0.1, -0.05) is 30.3 Å². The summed E-state index contributed by atoms with van der Waals surface area (Å²) < 4.78 is 53.5. The van der Waals surface area contributed by atoms with Crippen molar-refractivity contribution >= 4 is 5.78 Å². The molecule has 0 saturated heterocycles. The highest BCUT2D eigenvalue weighted by Gasteiger charge is 2.43. The lowest BCUT2D eigenvalue weighted by Crippen LogP contribution is -2.33. The van der Waals surface area contributed by atoms with Gasteiger partial charge in [-0.2, -0.15) is 17.6 Å². The predicted molar refractivity (Wildman–Crippen MR) is 77.1 cm³/mol. The Kier molecular flexibility index (Phi) is 5.36. The molecule has 0 aliphatic carbocycles. The summed E-state index contributed by atoms with van der Waals surface area (Å²) in [4.78, 5) is 12.0. The summed E-state index contributed by atoms with van der Waals surface area (Å²) in [5.74, 6) is -0.587. The lowest BCUT2D eigenvalue weighted by atomic mass is 10.0. The monoisotopic (exact) mass is 326 g/mol. The van der Waals surface area contributed by atoms with Gasteiger partial charge in [0.15, 0.2) is 5.78 Å². The molecular weight excluding hydrogens is 312 g/mol. The summed E-state index contributed by atoms with van der Waals surface area (Å²) in [6.45, 7) is 0. The molecule has 2 aromatic carbocycles. The number of aryl methyl sites for hydroxylation is 1. The van der Waals surface area contributed by atoms with Crippen LogP contribution in [0, 0.1) is 0 Å². The zero-order valence-corrected chi connectivity index (χ0v) is 12.0. The number of ether oxygens (including phenoxy) is 1. The van der Waals surface area contributed by atoms with E-state index in [1.165, 1.54) is 12.1 Å². The molecular formula is C17H14F4O2. The predicted octanol–water partition coefficient (Wildman–Crippen LogP) is 4.74. The average Bonchev–Trinajstić information content (AvgIpc) is 2.54. The molecule has 6 heteroatoms. The van der Waals surface area contributed by atoms with Crippen molar-refractivity contribution in [3.8, 4) is 5.75 Å². The van der Waals surface area contributed by atoms with Crippen LogP contribution in [0.25, 0.3) is 0 Å². The maximum atomic E-state index is 12.8. The zero-order chi connectivity index (χ0) is 16.9. The second kappa shape index (κ2) is 7.26. The third-order valence-electron chi connectivity index (χ3n) is 3.17. The topological polar surface area (TPSA) is 26.3 Å². The summed E-state index contributed by atoms with van der Waals surface area (Å²) in [6.07, 6.45) is -7.66. The molecule has 122 valence electrons. The number of halogens is 4. The number of carbonyl (C=O) groups excluding carboxylic acids is 1. The van der Waals surface area contributed by atoms with Gasteiger partial charge in [0, 0.05) is 12.0 Å². The molecule has 2 nitrogen and oxygen atoms in total. The molecule has 0 N–H and O–H groups in total. The minimum atomic E-state index is -4.56. The fourth-order valence-corrected chi connectivity index (χ4v) is 1.96. The molecule has 23 heavy (non-hydrogen) atoms. The Morgan fingerprint density at radius 1 is 1.00 bits per heavy atom. The van der Waals surface area contributed by atoms with Crippen LogP contribution >= 0.6 is 0 Å². The molecule has 0 heterocycles. The molecule has 0 amide bonds. The van der Waals surface area contributed by atoms with Crippen LogP contribution < -0.4 is 4.74 Å². The van der Waals surface area contributed by atoms with E-state index in [-0.39, 0.29) is 12.2 Å². The molecule has 0 bridgehead atoms. The molecule has 0 radical (unpaired) electrons. The van der Waals surface area contributed by atoms with Crippen LogP contribution in [0.5, 0.6) is 5.75 Å². The van der Waals surface area contributed by atoms with Gasteiger partial charge in [0.1, 0.15) is 5.75 Å². The molecule has 2 aromatic rings. The first-order chi connectivity index (χ1) is 10.9. The third kappa shape index (κ3) is 4.81. The summed E-state index contributed by atoms with van der Waals surface area (Å²) in [7, 11) is 0. The van der Waals surface area contributed by atoms with Crippen LogP contribution in [0.2, 0.25) is 0 Å². The number of ketones is 1. The quantitative estimate of drug-likeness (QED) is 0.543. The lowest BCUT2D eigenvalue weighted by Gasteiger charge is -2.16. The van der Waals surface area contributed by atoms with E-state index in [0.29, 0.717) is 12.0 Å². The summed E-state index contributed by atoms with van der Waals surface area (Å²) in [6, 6.07) is 14.1. The van der Waals surface area contributed by atoms with Crippen molar-refractivity contribution in [1.82, 2.24) is 0 Å². The second-order valence-corrected chi connectivity index (χ2v) is 4.90. The van der Waals surface area contributed by atoms with Crippen LogP contribution in [0.15, 0.2) is 54.6 Å². The molecule has 0 saturated carbocycles. The van der Waals surface area contributed by atoms with Crippen molar-refractivity contribution in [3.63, 3.8) is 0 Å². The van der Waals surface area contributed by atoms with E-state index in [2.05, 4.69) is 4.74 Å². The second-order valence-electron chi connectivity index (χ2n) is 4.90. The molecule has 0 aliphatic heterocycles. The first-order valence-electron chi connectivity index (χ1n) is 6.90. The fraction of sp³-hybridized carbons (Fsp3) is 0.235. The number of hydrogen-bond acceptors (Lipinski definition) is 2. The first-order valence-corrected chi connectivity index (χ1v) is 6.90. The van der Waals surface area contributed by atoms with Crippen molar-refractivity contribution < 1.29 is 27.1 Å². The Labute approximate surface area is 130 Å². The van der Waals surface area contributed by atoms with E-state index in [0.717, 1.165) is 17.7 Å².